The summed E-state index contributed by atoms with van der Waals surface area (Å²) in [5.74, 6) is -1.04. The lowest BCUT2D eigenvalue weighted by molar-refractivity contribution is -0.130. The Labute approximate surface area is 129 Å². The maximum atomic E-state index is 12.1. The second kappa shape index (κ2) is 5.69. The Bertz CT molecular complexity index is 795. The van der Waals surface area contributed by atoms with Crippen molar-refractivity contribution in [1.82, 2.24) is 15.3 Å². The van der Waals surface area contributed by atoms with Crippen molar-refractivity contribution in [3.8, 4) is 0 Å². The summed E-state index contributed by atoms with van der Waals surface area (Å²) in [7, 11) is 0. The van der Waals surface area contributed by atoms with Crippen molar-refractivity contribution in [2.45, 2.75) is 19.1 Å². The van der Waals surface area contributed by atoms with Gasteiger partial charge in [-0.2, -0.15) is 0 Å². The number of esters is 1. The van der Waals surface area contributed by atoms with Crippen LogP contribution >= 0.6 is 11.6 Å². The number of carbonyl (C=O) groups excluding carboxylic acids is 2. The van der Waals surface area contributed by atoms with Gasteiger partial charge in [-0.25, -0.2) is 9.59 Å². The Balaban J connectivity index is 1.70. The van der Waals surface area contributed by atoms with E-state index >= 15 is 0 Å². The predicted molar refractivity (Wildman–Crippen MR) is 77.6 cm³/mol. The fourth-order valence-corrected chi connectivity index (χ4v) is 2.58. The maximum absolute atomic E-state index is 12.1. The van der Waals surface area contributed by atoms with Gasteiger partial charge in [-0.05, 0) is 11.6 Å². The zero-order chi connectivity index (χ0) is 15.7. The molecule has 3 N–H and O–H groups in total. The first-order chi connectivity index (χ1) is 10.5. The lowest BCUT2D eigenvalue weighted by Gasteiger charge is -2.24. The average molecular weight is 322 g/mol. The van der Waals surface area contributed by atoms with E-state index in [1.165, 1.54) is 6.20 Å². The van der Waals surface area contributed by atoms with E-state index in [1.807, 2.05) is 0 Å². The summed E-state index contributed by atoms with van der Waals surface area (Å²) in [6, 6.07) is 5.06. The molecule has 114 valence electrons. The number of fused-ring (bicyclic) bond motifs is 1. The van der Waals surface area contributed by atoms with Gasteiger partial charge in [-0.3, -0.25) is 4.79 Å². The minimum atomic E-state index is -0.913. The van der Waals surface area contributed by atoms with E-state index in [9.17, 15) is 14.4 Å². The van der Waals surface area contributed by atoms with Crippen molar-refractivity contribution in [2.24, 2.45) is 0 Å². The molecule has 0 bridgehead atoms. The third-order valence-electron chi connectivity index (χ3n) is 3.36. The number of hydrogen-bond acceptors (Lipinski definition) is 4. The molecule has 1 aliphatic rings. The number of carbonyl (C=O) groups is 2. The van der Waals surface area contributed by atoms with Crippen LogP contribution in [0.15, 0.2) is 29.2 Å². The standard InChI is InChI=1S/C14H12ClN3O4/c15-9-3-1-2-7-4-10(22-13(20)11(7)9)12(19)16-5-8-6-17-14(21)18-8/h1-3,6,10H,4-5H2,(H,16,19)(H2,17,18,21). The van der Waals surface area contributed by atoms with E-state index in [1.54, 1.807) is 18.2 Å². The molecule has 0 fully saturated rings. The van der Waals surface area contributed by atoms with E-state index < -0.39 is 18.0 Å². The highest BCUT2D eigenvalue weighted by Gasteiger charge is 2.32. The monoisotopic (exact) mass is 321 g/mol. The molecule has 22 heavy (non-hydrogen) atoms. The third kappa shape index (κ3) is 2.75. The van der Waals surface area contributed by atoms with Gasteiger partial charge in [-0.15, -0.1) is 0 Å². The normalized spacial score (nSPS) is 16.8. The third-order valence-corrected chi connectivity index (χ3v) is 3.67. The highest BCUT2D eigenvalue weighted by atomic mass is 35.5. The fourth-order valence-electron chi connectivity index (χ4n) is 2.31. The number of aromatic nitrogens is 2. The average Bonchev–Trinajstić information content (AvgIpc) is 2.90. The molecule has 1 atom stereocenters. The molecule has 2 heterocycles. The van der Waals surface area contributed by atoms with Crippen molar-refractivity contribution in [1.29, 1.82) is 0 Å². The van der Waals surface area contributed by atoms with Gasteiger partial charge in [-0.1, -0.05) is 23.7 Å². The van der Waals surface area contributed by atoms with Gasteiger partial charge in [0.1, 0.15) is 0 Å². The molecule has 0 saturated heterocycles. The summed E-state index contributed by atoms with van der Waals surface area (Å²) in [6.07, 6.45) is 0.811. The topological polar surface area (TPSA) is 104 Å². The van der Waals surface area contributed by atoms with Gasteiger partial charge < -0.3 is 20.0 Å². The van der Waals surface area contributed by atoms with Crippen LogP contribution in [0, 0.1) is 0 Å². The Morgan fingerprint density at radius 1 is 1.41 bits per heavy atom. The number of hydrogen-bond donors (Lipinski definition) is 3. The smallest absolute Gasteiger partial charge is 0.340 e. The molecule has 3 rings (SSSR count). The van der Waals surface area contributed by atoms with E-state index in [0.717, 1.165) is 0 Å². The number of halogens is 1. The molecule has 2 aromatic rings. The van der Waals surface area contributed by atoms with Gasteiger partial charge in [0.25, 0.3) is 5.91 Å². The Morgan fingerprint density at radius 2 is 2.23 bits per heavy atom. The number of imidazole rings is 1. The SMILES string of the molecule is O=C1OC(C(=O)NCc2c[nH]c(=O)[nH]2)Cc2cccc(Cl)c21. The van der Waals surface area contributed by atoms with E-state index in [-0.39, 0.29) is 18.7 Å². The molecule has 8 heteroatoms. The zero-order valence-electron chi connectivity index (χ0n) is 11.3. The molecule has 0 aliphatic carbocycles. The molecule has 0 spiro atoms. The van der Waals surface area contributed by atoms with Crippen LogP contribution in [0.3, 0.4) is 0 Å². The number of ether oxygens (including phenoxy) is 1. The van der Waals surface area contributed by atoms with Gasteiger partial charge in [0, 0.05) is 12.6 Å². The number of aromatic amines is 2. The van der Waals surface area contributed by atoms with Crippen molar-refractivity contribution in [3.05, 3.63) is 56.7 Å². The van der Waals surface area contributed by atoms with Crippen LogP contribution in [0.25, 0.3) is 0 Å². The molecule has 1 aromatic heterocycles. The summed E-state index contributed by atoms with van der Waals surface area (Å²) in [6.45, 7) is 0.133. The summed E-state index contributed by atoms with van der Waals surface area (Å²) in [5, 5.41) is 2.92. The van der Waals surface area contributed by atoms with Gasteiger partial charge in [0.05, 0.1) is 22.8 Å². The molecule has 1 amide bonds. The van der Waals surface area contributed by atoms with Crippen LogP contribution in [0.2, 0.25) is 5.02 Å². The highest BCUT2D eigenvalue weighted by Crippen LogP contribution is 2.27. The molecule has 1 aromatic carbocycles. The quantitative estimate of drug-likeness (QED) is 0.726. The maximum Gasteiger partial charge on any atom is 0.340 e. The second-order valence-corrected chi connectivity index (χ2v) is 5.27. The summed E-state index contributed by atoms with van der Waals surface area (Å²) >= 11 is 5.97. The zero-order valence-corrected chi connectivity index (χ0v) is 12.1. The van der Waals surface area contributed by atoms with Crippen molar-refractivity contribution in [3.63, 3.8) is 0 Å². The highest BCUT2D eigenvalue weighted by molar-refractivity contribution is 6.33. The van der Waals surface area contributed by atoms with Gasteiger partial charge in [0.2, 0.25) is 0 Å². The van der Waals surface area contributed by atoms with Crippen molar-refractivity contribution >= 4 is 23.5 Å². The Morgan fingerprint density at radius 3 is 2.95 bits per heavy atom. The first kappa shape index (κ1) is 14.4. The molecule has 0 saturated carbocycles. The summed E-state index contributed by atoms with van der Waals surface area (Å²) < 4.78 is 5.13. The second-order valence-electron chi connectivity index (χ2n) is 4.86. The van der Waals surface area contributed by atoms with Crippen molar-refractivity contribution in [2.75, 3.05) is 0 Å². The summed E-state index contributed by atoms with van der Waals surface area (Å²) in [4.78, 5) is 39.9. The van der Waals surface area contributed by atoms with Crippen LogP contribution in [0.4, 0.5) is 0 Å². The predicted octanol–water partition coefficient (Wildman–Crippen LogP) is 0.754. The molecule has 1 aliphatic heterocycles. The number of benzene rings is 1. The van der Waals surface area contributed by atoms with Crippen LogP contribution in [-0.4, -0.2) is 27.9 Å². The first-order valence-electron chi connectivity index (χ1n) is 6.57. The van der Waals surface area contributed by atoms with Gasteiger partial charge >= 0.3 is 11.7 Å². The Kier molecular flexibility index (Phi) is 3.72. The van der Waals surface area contributed by atoms with Crippen LogP contribution < -0.4 is 11.0 Å². The number of H-pyrrole nitrogens is 2. The molecular weight excluding hydrogens is 310 g/mol. The first-order valence-corrected chi connectivity index (χ1v) is 6.95. The molecule has 1 unspecified atom stereocenters. The lowest BCUT2D eigenvalue weighted by Crippen LogP contribution is -2.41. The number of amides is 1. The van der Waals surface area contributed by atoms with Crippen molar-refractivity contribution < 1.29 is 14.3 Å². The number of cyclic esters (lactones) is 1. The number of rotatable bonds is 3. The molecule has 7 nitrogen and oxygen atoms in total. The lowest BCUT2D eigenvalue weighted by atomic mass is 9.98. The van der Waals surface area contributed by atoms with Gasteiger partial charge in [0.15, 0.2) is 6.10 Å². The summed E-state index contributed by atoms with van der Waals surface area (Å²) in [5.41, 5.74) is 1.17. The largest absolute Gasteiger partial charge is 0.448 e. The van der Waals surface area contributed by atoms with E-state index in [4.69, 9.17) is 16.3 Å². The van der Waals surface area contributed by atoms with Crippen LogP contribution in [0.5, 0.6) is 0 Å². The fraction of sp³-hybridized carbons (Fsp3) is 0.214. The Hall–Kier alpha value is -2.54. The molecular formula is C14H12ClN3O4. The minimum absolute atomic E-state index is 0.133. The van der Waals surface area contributed by atoms with E-state index in [2.05, 4.69) is 15.3 Å². The number of nitrogens with one attached hydrogen (secondary N) is 3. The van der Waals surface area contributed by atoms with E-state index in [0.29, 0.717) is 21.8 Å². The van der Waals surface area contributed by atoms with Crippen LogP contribution in [-0.2, 0) is 22.5 Å². The van der Waals surface area contributed by atoms with Crippen LogP contribution in [0.1, 0.15) is 21.6 Å². The molecule has 0 radical (unpaired) electrons. The minimum Gasteiger partial charge on any atom is -0.448 e.